The molecule has 4 aromatic rings. The quantitative estimate of drug-likeness (QED) is 0.417. The first kappa shape index (κ1) is 20.7. The number of rotatable bonds is 8. The normalized spacial score (nSPS) is 14.1. The lowest BCUT2D eigenvalue weighted by molar-refractivity contribution is 0.649. The summed E-state index contributed by atoms with van der Waals surface area (Å²) in [6.45, 7) is 5.68. The fraction of sp³-hybridized carbons (Fsp3) is 0.280. The Balaban J connectivity index is 1.16. The highest BCUT2D eigenvalue weighted by Crippen LogP contribution is 2.26. The van der Waals surface area contributed by atoms with Crippen LogP contribution in [-0.4, -0.2) is 47.5 Å². The monoisotopic (exact) mass is 444 g/mol. The predicted molar refractivity (Wildman–Crippen MR) is 132 cm³/mol. The minimum Gasteiger partial charge on any atom is -0.368 e. The van der Waals surface area contributed by atoms with Crippen LogP contribution in [-0.2, 0) is 13.0 Å². The van der Waals surface area contributed by atoms with Crippen molar-refractivity contribution in [3.05, 3.63) is 90.3 Å². The lowest BCUT2D eigenvalue weighted by atomic mass is 10.1. The SMILES string of the molecule is c1ccc(CCNCc2cccn2-c2nnc(N3CCN(c4ccccc4)CC3)s2)cc1. The minimum atomic E-state index is 0.810. The van der Waals surface area contributed by atoms with Crippen molar-refractivity contribution >= 4 is 22.2 Å². The van der Waals surface area contributed by atoms with Crippen LogP contribution >= 0.6 is 11.3 Å². The zero-order chi connectivity index (χ0) is 21.6. The van der Waals surface area contributed by atoms with Gasteiger partial charge >= 0.3 is 0 Å². The summed E-state index contributed by atoms with van der Waals surface area (Å²) in [5.74, 6) is 0. The highest BCUT2D eigenvalue weighted by atomic mass is 32.1. The van der Waals surface area contributed by atoms with Gasteiger partial charge in [-0.2, -0.15) is 0 Å². The predicted octanol–water partition coefficient (Wildman–Crippen LogP) is 3.99. The van der Waals surface area contributed by atoms with Gasteiger partial charge in [-0.1, -0.05) is 59.9 Å². The summed E-state index contributed by atoms with van der Waals surface area (Å²) in [7, 11) is 0. The van der Waals surface area contributed by atoms with E-state index >= 15 is 0 Å². The van der Waals surface area contributed by atoms with Gasteiger partial charge in [-0.25, -0.2) is 0 Å². The van der Waals surface area contributed by atoms with Crippen molar-refractivity contribution in [3.8, 4) is 5.13 Å². The van der Waals surface area contributed by atoms with E-state index < -0.39 is 0 Å². The smallest absolute Gasteiger partial charge is 0.218 e. The van der Waals surface area contributed by atoms with E-state index in [-0.39, 0.29) is 0 Å². The average molecular weight is 445 g/mol. The first-order chi connectivity index (χ1) is 15.9. The van der Waals surface area contributed by atoms with Gasteiger partial charge in [-0.15, -0.1) is 10.2 Å². The van der Waals surface area contributed by atoms with E-state index in [0.717, 1.165) is 56.0 Å². The van der Waals surface area contributed by atoms with Crippen LogP contribution in [0.25, 0.3) is 5.13 Å². The van der Waals surface area contributed by atoms with E-state index in [1.54, 1.807) is 11.3 Å². The Morgan fingerprint density at radius 2 is 1.44 bits per heavy atom. The van der Waals surface area contributed by atoms with Crippen LogP contribution in [0.1, 0.15) is 11.3 Å². The molecular weight excluding hydrogens is 416 g/mol. The Bertz CT molecular complexity index is 1100. The van der Waals surface area contributed by atoms with Crippen LogP contribution in [0.2, 0.25) is 0 Å². The van der Waals surface area contributed by atoms with E-state index in [2.05, 4.69) is 109 Å². The third-order valence-corrected chi connectivity index (χ3v) is 6.84. The number of nitrogens with one attached hydrogen (secondary N) is 1. The van der Waals surface area contributed by atoms with Gasteiger partial charge in [0.25, 0.3) is 0 Å². The molecule has 0 atom stereocenters. The molecule has 0 unspecified atom stereocenters. The fourth-order valence-corrected chi connectivity index (χ4v) is 4.98. The summed E-state index contributed by atoms with van der Waals surface area (Å²) >= 11 is 1.66. The molecule has 0 amide bonds. The number of piperazine rings is 1. The second-order valence-corrected chi connectivity index (χ2v) is 8.89. The van der Waals surface area contributed by atoms with Crippen molar-refractivity contribution in [2.24, 2.45) is 0 Å². The summed E-state index contributed by atoms with van der Waals surface area (Å²) in [5, 5.41) is 14.5. The standard InChI is InChI=1S/C25H28N6S/c1-3-8-21(9-4-1)13-14-26-20-23-12-7-15-31(23)25-28-27-24(32-25)30-18-16-29(17-19-30)22-10-5-2-6-11-22/h1-12,15,26H,13-14,16-20H2. The Morgan fingerprint density at radius 1 is 0.750 bits per heavy atom. The molecule has 0 radical (unpaired) electrons. The number of hydrogen-bond donors (Lipinski definition) is 1. The molecule has 0 spiro atoms. The zero-order valence-electron chi connectivity index (χ0n) is 18.1. The highest BCUT2D eigenvalue weighted by Gasteiger charge is 2.21. The Labute approximate surface area is 193 Å². The third-order valence-electron chi connectivity index (χ3n) is 5.85. The summed E-state index contributed by atoms with van der Waals surface area (Å²) < 4.78 is 2.15. The lowest BCUT2D eigenvalue weighted by Gasteiger charge is -2.35. The number of hydrogen-bond acceptors (Lipinski definition) is 6. The first-order valence-electron chi connectivity index (χ1n) is 11.2. The average Bonchev–Trinajstić information content (AvgIpc) is 3.53. The van der Waals surface area contributed by atoms with Gasteiger partial charge in [-0.05, 0) is 42.8 Å². The molecule has 2 aromatic heterocycles. The molecule has 1 N–H and O–H groups in total. The van der Waals surface area contributed by atoms with Gasteiger partial charge in [-0.3, -0.25) is 4.57 Å². The maximum Gasteiger partial charge on any atom is 0.218 e. The van der Waals surface area contributed by atoms with Crippen molar-refractivity contribution in [2.45, 2.75) is 13.0 Å². The van der Waals surface area contributed by atoms with Crippen molar-refractivity contribution in [2.75, 3.05) is 42.5 Å². The molecule has 0 aliphatic carbocycles. The number of para-hydroxylation sites is 1. The zero-order valence-corrected chi connectivity index (χ0v) is 18.9. The number of benzene rings is 2. The fourth-order valence-electron chi connectivity index (χ4n) is 4.07. The van der Waals surface area contributed by atoms with Gasteiger partial charge < -0.3 is 15.1 Å². The van der Waals surface area contributed by atoms with Gasteiger partial charge in [0.1, 0.15) is 0 Å². The van der Waals surface area contributed by atoms with Crippen LogP contribution in [0.4, 0.5) is 10.8 Å². The van der Waals surface area contributed by atoms with Gasteiger partial charge in [0.2, 0.25) is 10.3 Å². The molecule has 1 aliphatic heterocycles. The lowest BCUT2D eigenvalue weighted by Crippen LogP contribution is -2.46. The van der Waals surface area contributed by atoms with E-state index in [1.807, 2.05) is 0 Å². The second-order valence-electron chi connectivity index (χ2n) is 7.96. The van der Waals surface area contributed by atoms with E-state index in [9.17, 15) is 0 Å². The number of anilines is 2. The van der Waals surface area contributed by atoms with E-state index in [1.165, 1.54) is 16.9 Å². The number of aromatic nitrogens is 3. The second kappa shape index (κ2) is 9.97. The van der Waals surface area contributed by atoms with E-state index in [4.69, 9.17) is 0 Å². The summed E-state index contributed by atoms with van der Waals surface area (Å²) in [6.07, 6.45) is 3.10. The molecule has 1 aliphatic rings. The topological polar surface area (TPSA) is 49.2 Å². The van der Waals surface area contributed by atoms with Crippen molar-refractivity contribution in [1.29, 1.82) is 0 Å². The molecular formula is C25H28N6S. The Hall–Kier alpha value is -3.16. The molecule has 0 saturated carbocycles. The number of nitrogens with zero attached hydrogens (tertiary/aromatic N) is 5. The van der Waals surface area contributed by atoms with Crippen LogP contribution in [0.3, 0.4) is 0 Å². The highest BCUT2D eigenvalue weighted by molar-refractivity contribution is 7.17. The molecule has 1 fully saturated rings. The Kier molecular flexibility index (Phi) is 6.46. The van der Waals surface area contributed by atoms with Crippen molar-refractivity contribution < 1.29 is 0 Å². The van der Waals surface area contributed by atoms with Gasteiger partial charge in [0.05, 0.1) is 0 Å². The van der Waals surface area contributed by atoms with Crippen LogP contribution in [0.5, 0.6) is 0 Å². The molecule has 1 saturated heterocycles. The van der Waals surface area contributed by atoms with Crippen molar-refractivity contribution in [1.82, 2.24) is 20.1 Å². The maximum absolute atomic E-state index is 4.51. The maximum atomic E-state index is 4.51. The van der Waals surface area contributed by atoms with Gasteiger partial charge in [0, 0.05) is 50.3 Å². The molecule has 2 aromatic carbocycles. The van der Waals surface area contributed by atoms with Crippen molar-refractivity contribution in [3.63, 3.8) is 0 Å². The Morgan fingerprint density at radius 3 is 2.22 bits per heavy atom. The molecule has 3 heterocycles. The van der Waals surface area contributed by atoms with Crippen LogP contribution in [0.15, 0.2) is 79.0 Å². The van der Waals surface area contributed by atoms with Crippen LogP contribution in [0, 0.1) is 0 Å². The molecule has 7 heteroatoms. The molecule has 6 nitrogen and oxygen atoms in total. The largest absolute Gasteiger partial charge is 0.368 e. The van der Waals surface area contributed by atoms with E-state index in [0.29, 0.717) is 0 Å². The van der Waals surface area contributed by atoms with Crippen LogP contribution < -0.4 is 15.1 Å². The molecule has 5 rings (SSSR count). The molecule has 164 valence electrons. The van der Waals surface area contributed by atoms with Gasteiger partial charge in [0.15, 0.2) is 0 Å². The minimum absolute atomic E-state index is 0.810. The molecule has 0 bridgehead atoms. The summed E-state index contributed by atoms with van der Waals surface area (Å²) in [4.78, 5) is 4.78. The summed E-state index contributed by atoms with van der Waals surface area (Å²) in [5.41, 5.74) is 3.85. The first-order valence-corrected chi connectivity index (χ1v) is 12.0. The molecule has 32 heavy (non-hydrogen) atoms. The summed E-state index contributed by atoms with van der Waals surface area (Å²) in [6, 6.07) is 25.4. The third kappa shape index (κ3) is 4.84.